The minimum atomic E-state index is -0.337. The second kappa shape index (κ2) is 5.65. The van der Waals surface area contributed by atoms with Gasteiger partial charge in [-0.25, -0.2) is 4.98 Å². The van der Waals surface area contributed by atoms with Crippen LogP contribution in [0.2, 0.25) is 0 Å². The van der Waals surface area contributed by atoms with Crippen LogP contribution in [0.15, 0.2) is 42.5 Å². The summed E-state index contributed by atoms with van der Waals surface area (Å²) in [4.78, 5) is 30.3. The number of aromatic nitrogens is 2. The van der Waals surface area contributed by atoms with E-state index in [1.54, 1.807) is 12.2 Å². The number of carbonyl (C=O) groups excluding carboxylic acids is 1. The minimum Gasteiger partial charge on any atom is -0.330 e. The van der Waals surface area contributed by atoms with Gasteiger partial charge in [0.25, 0.3) is 11.5 Å². The van der Waals surface area contributed by atoms with E-state index in [1.807, 2.05) is 0 Å². The monoisotopic (exact) mass is 219 g/mol. The zero-order valence-electron chi connectivity index (χ0n) is 8.85. The molecule has 0 fully saturated rings. The molecular weight excluding hydrogens is 206 g/mol. The molecule has 84 valence electrons. The second-order valence-corrected chi connectivity index (χ2v) is 3.08. The summed E-state index contributed by atoms with van der Waals surface area (Å²) in [6, 6.07) is 0. The van der Waals surface area contributed by atoms with Gasteiger partial charge in [0, 0.05) is 19.3 Å². The Kier molecular flexibility index (Phi) is 4.20. The third kappa shape index (κ3) is 2.91. The first-order valence-electron chi connectivity index (χ1n) is 4.75. The Morgan fingerprint density at radius 3 is 2.50 bits per heavy atom. The molecule has 16 heavy (non-hydrogen) atoms. The molecule has 0 atom stereocenters. The first-order chi connectivity index (χ1) is 7.69. The van der Waals surface area contributed by atoms with E-state index in [-0.39, 0.29) is 17.2 Å². The molecule has 0 saturated carbocycles. The van der Waals surface area contributed by atoms with Crippen LogP contribution in [0.3, 0.4) is 0 Å². The number of H-pyrrole nitrogens is 1. The molecule has 0 aliphatic heterocycles. The maximum Gasteiger partial charge on any atom is 0.274 e. The highest BCUT2D eigenvalue weighted by Crippen LogP contribution is 1.99. The number of amides is 1. The van der Waals surface area contributed by atoms with Crippen molar-refractivity contribution in [2.75, 3.05) is 13.1 Å². The number of carbonyl (C=O) groups is 1. The lowest BCUT2D eigenvalue weighted by Gasteiger charge is -2.18. The summed E-state index contributed by atoms with van der Waals surface area (Å²) in [5.41, 5.74) is -0.140. The van der Waals surface area contributed by atoms with E-state index in [4.69, 9.17) is 0 Å². The summed E-state index contributed by atoms with van der Waals surface area (Å²) in [7, 11) is 0. The van der Waals surface area contributed by atoms with Gasteiger partial charge >= 0.3 is 0 Å². The fourth-order valence-corrected chi connectivity index (χ4v) is 1.17. The van der Waals surface area contributed by atoms with Crippen molar-refractivity contribution >= 4 is 5.91 Å². The van der Waals surface area contributed by atoms with Crippen molar-refractivity contribution in [2.24, 2.45) is 0 Å². The quantitative estimate of drug-likeness (QED) is 0.737. The molecule has 0 saturated heterocycles. The van der Waals surface area contributed by atoms with Crippen LogP contribution in [0, 0.1) is 0 Å². The van der Waals surface area contributed by atoms with Crippen LogP contribution in [0.4, 0.5) is 0 Å². The van der Waals surface area contributed by atoms with Crippen LogP contribution in [0.25, 0.3) is 0 Å². The van der Waals surface area contributed by atoms with Gasteiger partial charge in [-0.2, -0.15) is 0 Å². The second-order valence-electron chi connectivity index (χ2n) is 3.08. The number of rotatable bonds is 5. The lowest BCUT2D eigenvalue weighted by Crippen LogP contribution is -2.32. The van der Waals surface area contributed by atoms with Gasteiger partial charge in [-0.1, -0.05) is 12.2 Å². The molecule has 1 aromatic heterocycles. The molecule has 5 nitrogen and oxygen atoms in total. The molecule has 1 rings (SSSR count). The third-order valence-corrected chi connectivity index (χ3v) is 1.88. The van der Waals surface area contributed by atoms with Crippen molar-refractivity contribution in [1.82, 2.24) is 14.9 Å². The number of hydrogen-bond donors (Lipinski definition) is 1. The third-order valence-electron chi connectivity index (χ3n) is 1.88. The van der Waals surface area contributed by atoms with Gasteiger partial charge in [0.2, 0.25) is 0 Å². The summed E-state index contributed by atoms with van der Waals surface area (Å²) in [5.74, 6) is -0.268. The number of hydrogen-bond acceptors (Lipinski definition) is 3. The van der Waals surface area contributed by atoms with Crippen molar-refractivity contribution in [1.29, 1.82) is 0 Å². The SMILES string of the molecule is C=CCN(CC=C)C(=O)c1c[nH]c(=O)cn1. The molecule has 0 bridgehead atoms. The van der Waals surface area contributed by atoms with E-state index < -0.39 is 0 Å². The topological polar surface area (TPSA) is 66.1 Å². The van der Waals surface area contributed by atoms with Gasteiger partial charge in [0.1, 0.15) is 5.69 Å². The van der Waals surface area contributed by atoms with Gasteiger partial charge in [-0.05, 0) is 0 Å². The first-order valence-corrected chi connectivity index (χ1v) is 4.75. The summed E-state index contributed by atoms with van der Waals surface area (Å²) >= 11 is 0. The molecule has 0 aliphatic rings. The Bertz CT molecular complexity index is 420. The molecule has 0 unspecified atom stereocenters. The van der Waals surface area contributed by atoms with Gasteiger partial charge in [-0.15, -0.1) is 13.2 Å². The average molecular weight is 219 g/mol. The maximum atomic E-state index is 11.9. The van der Waals surface area contributed by atoms with Crippen molar-refractivity contribution in [3.63, 3.8) is 0 Å². The zero-order valence-corrected chi connectivity index (χ0v) is 8.85. The number of nitrogens with one attached hydrogen (secondary N) is 1. The van der Waals surface area contributed by atoms with Crippen molar-refractivity contribution in [3.8, 4) is 0 Å². The van der Waals surface area contributed by atoms with E-state index in [9.17, 15) is 9.59 Å². The van der Waals surface area contributed by atoms with Crippen LogP contribution in [0.5, 0.6) is 0 Å². The highest BCUT2D eigenvalue weighted by atomic mass is 16.2. The van der Waals surface area contributed by atoms with E-state index in [1.165, 1.54) is 11.1 Å². The smallest absolute Gasteiger partial charge is 0.274 e. The van der Waals surface area contributed by atoms with E-state index in [2.05, 4.69) is 23.1 Å². The first kappa shape index (κ1) is 11.9. The number of nitrogens with zero attached hydrogens (tertiary/aromatic N) is 2. The summed E-state index contributed by atoms with van der Waals surface area (Å²) in [5, 5.41) is 0. The normalized spacial score (nSPS) is 9.50. The van der Waals surface area contributed by atoms with Gasteiger partial charge in [-0.3, -0.25) is 9.59 Å². The van der Waals surface area contributed by atoms with Gasteiger partial charge in [0.15, 0.2) is 0 Å². The van der Waals surface area contributed by atoms with E-state index >= 15 is 0 Å². The van der Waals surface area contributed by atoms with Crippen LogP contribution >= 0.6 is 0 Å². The van der Waals surface area contributed by atoms with Crippen molar-refractivity contribution in [3.05, 3.63) is 53.8 Å². The Morgan fingerprint density at radius 1 is 1.44 bits per heavy atom. The van der Waals surface area contributed by atoms with Crippen LogP contribution in [-0.2, 0) is 0 Å². The zero-order chi connectivity index (χ0) is 12.0. The molecule has 1 heterocycles. The van der Waals surface area contributed by atoms with Gasteiger partial charge < -0.3 is 9.88 Å². The molecule has 1 amide bonds. The van der Waals surface area contributed by atoms with Crippen molar-refractivity contribution < 1.29 is 4.79 Å². The molecule has 0 radical (unpaired) electrons. The number of aromatic amines is 1. The van der Waals surface area contributed by atoms with Crippen LogP contribution < -0.4 is 5.56 Å². The highest BCUT2D eigenvalue weighted by Gasteiger charge is 2.14. The molecule has 1 aromatic rings. The molecule has 0 aliphatic carbocycles. The maximum absolute atomic E-state index is 11.9. The van der Waals surface area contributed by atoms with Crippen molar-refractivity contribution in [2.45, 2.75) is 0 Å². The summed E-state index contributed by atoms with van der Waals surface area (Å²) in [6.07, 6.45) is 5.61. The Balaban J connectivity index is 2.88. The summed E-state index contributed by atoms with van der Waals surface area (Å²) < 4.78 is 0. The highest BCUT2D eigenvalue weighted by molar-refractivity contribution is 5.92. The lowest BCUT2D eigenvalue weighted by atomic mass is 10.3. The summed E-state index contributed by atoms with van der Waals surface area (Å²) in [6.45, 7) is 7.95. The Morgan fingerprint density at radius 2 is 2.06 bits per heavy atom. The predicted octanol–water partition coefficient (Wildman–Crippen LogP) is 0.584. The fourth-order valence-electron chi connectivity index (χ4n) is 1.17. The lowest BCUT2D eigenvalue weighted by molar-refractivity contribution is 0.0784. The van der Waals surface area contributed by atoms with Crippen LogP contribution in [0.1, 0.15) is 10.5 Å². The van der Waals surface area contributed by atoms with Crippen LogP contribution in [-0.4, -0.2) is 33.9 Å². The Hall–Kier alpha value is -2.17. The largest absolute Gasteiger partial charge is 0.330 e. The molecular formula is C11H13N3O2. The fraction of sp³-hybridized carbons (Fsp3) is 0.182. The van der Waals surface area contributed by atoms with E-state index in [0.29, 0.717) is 13.1 Å². The standard InChI is InChI=1S/C11H13N3O2/c1-3-5-14(6-4-2)11(16)9-7-13-10(15)8-12-9/h3-4,7-8H,1-2,5-6H2,(H,13,15). The molecule has 0 aromatic carbocycles. The predicted molar refractivity (Wildman–Crippen MR) is 61.2 cm³/mol. The molecule has 0 spiro atoms. The van der Waals surface area contributed by atoms with E-state index in [0.717, 1.165) is 6.20 Å². The molecule has 1 N–H and O–H groups in total. The molecule has 5 heteroatoms. The Labute approximate surface area is 93.1 Å². The van der Waals surface area contributed by atoms with Gasteiger partial charge in [0.05, 0.1) is 6.20 Å². The minimum absolute atomic E-state index is 0.198. The average Bonchev–Trinajstić information content (AvgIpc) is 2.29.